The third-order valence-electron chi connectivity index (χ3n) is 2.26. The third-order valence-corrected chi connectivity index (χ3v) is 2.26. The van der Waals surface area contributed by atoms with E-state index in [4.69, 9.17) is 9.84 Å². The van der Waals surface area contributed by atoms with Gasteiger partial charge in [-0.25, -0.2) is 0 Å². The third kappa shape index (κ3) is 2.76. The Hall–Kier alpha value is -2.56. The summed E-state index contributed by atoms with van der Waals surface area (Å²) in [4.78, 5) is 15.3. The average molecular weight is 244 g/mol. The number of benzene rings is 1. The number of phenolic OH excluding ortho intramolecular Hbond substituents is 1. The van der Waals surface area contributed by atoms with Crippen molar-refractivity contribution in [3.8, 4) is 17.2 Å². The molecule has 5 heteroatoms. The van der Waals surface area contributed by atoms with Crippen LogP contribution in [0.1, 0.15) is 10.5 Å². The van der Waals surface area contributed by atoms with Gasteiger partial charge in [0, 0.05) is 19.3 Å². The molecule has 0 aliphatic rings. The second-order valence-corrected chi connectivity index (χ2v) is 3.55. The molecule has 0 bridgehead atoms. The molecule has 0 radical (unpaired) electrons. The highest BCUT2D eigenvalue weighted by Crippen LogP contribution is 2.23. The summed E-state index contributed by atoms with van der Waals surface area (Å²) < 4.78 is 5.54. The fraction of sp³-hybridized carbons (Fsp3) is 0.0769. The molecule has 1 aromatic carbocycles. The maximum atomic E-state index is 11.4. The minimum Gasteiger partial charge on any atom is -0.508 e. The number of phenols is 1. The lowest BCUT2D eigenvalue weighted by Crippen LogP contribution is -2.18. The Balaban J connectivity index is 2.19. The molecule has 18 heavy (non-hydrogen) atoms. The molecule has 1 heterocycles. The van der Waals surface area contributed by atoms with Gasteiger partial charge in [0.05, 0.1) is 0 Å². The summed E-state index contributed by atoms with van der Waals surface area (Å²) in [7, 11) is 1.54. The lowest BCUT2D eigenvalue weighted by Gasteiger charge is -2.06. The molecular formula is C13H12N2O3. The first-order valence-corrected chi connectivity index (χ1v) is 5.34. The second kappa shape index (κ2) is 5.18. The van der Waals surface area contributed by atoms with Crippen molar-refractivity contribution in [2.45, 2.75) is 0 Å². The van der Waals surface area contributed by atoms with Crippen LogP contribution in [0.25, 0.3) is 0 Å². The Bertz CT molecular complexity index is 552. The van der Waals surface area contributed by atoms with Gasteiger partial charge in [-0.2, -0.15) is 0 Å². The van der Waals surface area contributed by atoms with Crippen LogP contribution in [0, 0.1) is 0 Å². The number of carbonyl (C=O) groups is 1. The number of nitrogens with zero attached hydrogens (tertiary/aromatic N) is 1. The van der Waals surface area contributed by atoms with E-state index < -0.39 is 0 Å². The SMILES string of the molecule is CNC(=O)c1cc(Oc2ccc(O)cc2)ccn1. The summed E-state index contributed by atoms with van der Waals surface area (Å²) in [6.45, 7) is 0. The lowest BCUT2D eigenvalue weighted by molar-refractivity contribution is 0.0958. The summed E-state index contributed by atoms with van der Waals surface area (Å²) in [5, 5.41) is 11.6. The number of ether oxygens (including phenoxy) is 1. The molecule has 0 spiro atoms. The Morgan fingerprint density at radius 2 is 1.94 bits per heavy atom. The van der Waals surface area contributed by atoms with Crippen molar-refractivity contribution in [2.24, 2.45) is 0 Å². The first-order chi connectivity index (χ1) is 8.69. The van der Waals surface area contributed by atoms with Crippen LogP contribution in [-0.4, -0.2) is 23.0 Å². The van der Waals surface area contributed by atoms with E-state index in [9.17, 15) is 4.79 Å². The van der Waals surface area contributed by atoms with Gasteiger partial charge in [-0.15, -0.1) is 0 Å². The first-order valence-electron chi connectivity index (χ1n) is 5.34. The van der Waals surface area contributed by atoms with Crippen molar-refractivity contribution in [2.75, 3.05) is 7.05 Å². The zero-order valence-electron chi connectivity index (χ0n) is 9.75. The predicted octanol–water partition coefficient (Wildman–Crippen LogP) is 1.94. The molecule has 0 aliphatic carbocycles. The van der Waals surface area contributed by atoms with Gasteiger partial charge in [0.1, 0.15) is 22.9 Å². The average Bonchev–Trinajstić information content (AvgIpc) is 2.41. The molecule has 2 aromatic rings. The number of rotatable bonds is 3. The number of hydrogen-bond donors (Lipinski definition) is 2. The van der Waals surface area contributed by atoms with E-state index in [0.717, 1.165) is 0 Å². The number of nitrogens with one attached hydrogen (secondary N) is 1. The van der Waals surface area contributed by atoms with E-state index in [0.29, 0.717) is 11.5 Å². The van der Waals surface area contributed by atoms with Crippen LogP contribution in [0.3, 0.4) is 0 Å². The minimum absolute atomic E-state index is 0.170. The quantitative estimate of drug-likeness (QED) is 0.865. The fourth-order valence-corrected chi connectivity index (χ4v) is 1.38. The van der Waals surface area contributed by atoms with E-state index in [1.165, 1.54) is 25.4 Å². The summed E-state index contributed by atoms with van der Waals surface area (Å²) in [6.07, 6.45) is 1.50. The smallest absolute Gasteiger partial charge is 0.269 e. The summed E-state index contributed by atoms with van der Waals surface area (Å²) in [5.74, 6) is 0.977. The van der Waals surface area contributed by atoms with E-state index in [1.807, 2.05) is 0 Å². The molecule has 92 valence electrons. The number of amides is 1. The van der Waals surface area contributed by atoms with Crippen LogP contribution in [0.2, 0.25) is 0 Å². The van der Waals surface area contributed by atoms with Crippen molar-refractivity contribution < 1.29 is 14.6 Å². The Labute approximate surface area is 104 Å². The van der Waals surface area contributed by atoms with Gasteiger partial charge in [-0.1, -0.05) is 0 Å². The van der Waals surface area contributed by atoms with E-state index in [-0.39, 0.29) is 17.4 Å². The van der Waals surface area contributed by atoms with Crippen LogP contribution in [-0.2, 0) is 0 Å². The van der Waals surface area contributed by atoms with Gasteiger partial charge in [-0.3, -0.25) is 9.78 Å². The van der Waals surface area contributed by atoms with Crippen molar-refractivity contribution in [1.82, 2.24) is 10.3 Å². The van der Waals surface area contributed by atoms with E-state index >= 15 is 0 Å². The number of aromatic hydroxyl groups is 1. The summed E-state index contributed by atoms with van der Waals surface area (Å²) in [6, 6.07) is 9.52. The Morgan fingerprint density at radius 1 is 1.22 bits per heavy atom. The van der Waals surface area contributed by atoms with Crippen LogP contribution in [0.4, 0.5) is 0 Å². The summed E-state index contributed by atoms with van der Waals surface area (Å²) in [5.41, 5.74) is 0.286. The normalized spacial score (nSPS) is 9.83. The highest BCUT2D eigenvalue weighted by molar-refractivity contribution is 5.92. The molecule has 0 saturated carbocycles. The monoisotopic (exact) mass is 244 g/mol. The van der Waals surface area contributed by atoms with Gasteiger partial charge >= 0.3 is 0 Å². The van der Waals surface area contributed by atoms with Crippen LogP contribution >= 0.6 is 0 Å². The number of carbonyl (C=O) groups excluding carboxylic acids is 1. The highest BCUT2D eigenvalue weighted by Gasteiger charge is 2.06. The molecule has 2 rings (SSSR count). The van der Waals surface area contributed by atoms with Gasteiger partial charge < -0.3 is 15.2 Å². The largest absolute Gasteiger partial charge is 0.508 e. The highest BCUT2D eigenvalue weighted by atomic mass is 16.5. The number of hydrogen-bond acceptors (Lipinski definition) is 4. The molecule has 1 amide bonds. The molecule has 2 N–H and O–H groups in total. The van der Waals surface area contributed by atoms with Gasteiger partial charge in [-0.05, 0) is 30.3 Å². The van der Waals surface area contributed by atoms with Gasteiger partial charge in [0.25, 0.3) is 5.91 Å². The van der Waals surface area contributed by atoms with Crippen LogP contribution < -0.4 is 10.1 Å². The maximum absolute atomic E-state index is 11.4. The number of aromatic nitrogens is 1. The zero-order chi connectivity index (χ0) is 13.0. The zero-order valence-corrected chi connectivity index (χ0v) is 9.75. The fourth-order valence-electron chi connectivity index (χ4n) is 1.38. The molecule has 0 aliphatic heterocycles. The van der Waals surface area contributed by atoms with Crippen LogP contribution in [0.5, 0.6) is 17.2 Å². The molecule has 0 saturated heterocycles. The number of pyridine rings is 1. The van der Waals surface area contributed by atoms with Crippen molar-refractivity contribution in [3.05, 3.63) is 48.3 Å². The molecule has 0 atom stereocenters. The molecule has 0 unspecified atom stereocenters. The maximum Gasteiger partial charge on any atom is 0.269 e. The molecule has 1 aromatic heterocycles. The summed E-state index contributed by atoms with van der Waals surface area (Å²) >= 11 is 0. The van der Waals surface area contributed by atoms with E-state index in [2.05, 4.69) is 10.3 Å². The van der Waals surface area contributed by atoms with Crippen molar-refractivity contribution in [3.63, 3.8) is 0 Å². The standard InChI is InChI=1S/C13H12N2O3/c1-14-13(17)12-8-11(6-7-15-12)18-10-4-2-9(16)3-5-10/h2-8,16H,1H3,(H,14,17). The van der Waals surface area contributed by atoms with E-state index in [1.54, 1.807) is 24.3 Å². The van der Waals surface area contributed by atoms with Crippen LogP contribution in [0.15, 0.2) is 42.6 Å². The predicted molar refractivity (Wildman–Crippen MR) is 65.8 cm³/mol. The topological polar surface area (TPSA) is 71.5 Å². The molecule has 0 fully saturated rings. The molecule has 5 nitrogen and oxygen atoms in total. The Morgan fingerprint density at radius 3 is 2.61 bits per heavy atom. The lowest BCUT2D eigenvalue weighted by atomic mass is 10.3. The minimum atomic E-state index is -0.272. The van der Waals surface area contributed by atoms with Crippen molar-refractivity contribution >= 4 is 5.91 Å². The first kappa shape index (κ1) is 11.9. The van der Waals surface area contributed by atoms with Gasteiger partial charge in [0.15, 0.2) is 0 Å². The van der Waals surface area contributed by atoms with Crippen molar-refractivity contribution in [1.29, 1.82) is 0 Å². The second-order valence-electron chi connectivity index (χ2n) is 3.55. The van der Waals surface area contributed by atoms with Gasteiger partial charge in [0.2, 0.25) is 0 Å². The Kier molecular flexibility index (Phi) is 3.43. The molecular weight excluding hydrogens is 232 g/mol.